The molecule has 0 spiro atoms. The number of benzene rings is 2. The molecule has 2 aromatic rings. The van der Waals surface area contributed by atoms with Crippen LogP contribution in [0.2, 0.25) is 0 Å². The number of methoxy groups -OCH3 is 2. The zero-order valence-electron chi connectivity index (χ0n) is 19.4. The minimum absolute atomic E-state index is 0.00830. The van der Waals surface area contributed by atoms with Gasteiger partial charge in [-0.1, -0.05) is 18.9 Å². The Morgan fingerprint density at radius 2 is 1.79 bits per heavy atom. The lowest BCUT2D eigenvalue weighted by Crippen LogP contribution is -2.49. The fourth-order valence-corrected chi connectivity index (χ4v) is 5.17. The van der Waals surface area contributed by atoms with Gasteiger partial charge in [-0.2, -0.15) is 0 Å². The van der Waals surface area contributed by atoms with Gasteiger partial charge in [-0.15, -0.1) is 0 Å². The van der Waals surface area contributed by atoms with Gasteiger partial charge in [0.15, 0.2) is 0 Å². The normalized spacial score (nSPS) is 21.5. The minimum Gasteiger partial charge on any atom is -0.496 e. The number of halogens is 1. The Kier molecular flexibility index (Phi) is 7.14. The summed E-state index contributed by atoms with van der Waals surface area (Å²) >= 11 is 0. The standard InChI is InChI=1S/C26H29FN2O5/c1-33-23-12-7-16(13-20(23)26(32)34-2)15-28-24(30)22-14-18-5-3-4-6-21(18)29(22)25(31)17-8-10-19(27)11-9-17/h7-13,18,21-22H,3-6,14-15H2,1-2H3,(H,28,30)/t18-,21+,22-/m0/s1. The average molecular weight is 469 g/mol. The topological polar surface area (TPSA) is 84.9 Å². The molecular formula is C26H29FN2O5. The molecule has 1 aliphatic carbocycles. The number of likely N-dealkylation sites (tertiary alicyclic amines) is 1. The molecular weight excluding hydrogens is 439 g/mol. The van der Waals surface area contributed by atoms with E-state index >= 15 is 0 Å². The smallest absolute Gasteiger partial charge is 0.341 e. The van der Waals surface area contributed by atoms with E-state index in [1.165, 1.54) is 38.5 Å². The molecule has 1 heterocycles. The van der Waals surface area contributed by atoms with Crippen molar-refractivity contribution in [2.24, 2.45) is 5.92 Å². The van der Waals surface area contributed by atoms with Crippen LogP contribution < -0.4 is 10.1 Å². The number of ether oxygens (including phenoxy) is 2. The molecule has 2 aliphatic rings. The summed E-state index contributed by atoms with van der Waals surface area (Å²) < 4.78 is 23.4. The average Bonchev–Trinajstić information content (AvgIpc) is 3.26. The SMILES string of the molecule is COC(=O)c1cc(CNC(=O)[C@@H]2C[C@@H]3CCCC[C@H]3N2C(=O)c2ccc(F)cc2)ccc1OC. The van der Waals surface area contributed by atoms with Crippen molar-refractivity contribution in [3.63, 3.8) is 0 Å². The van der Waals surface area contributed by atoms with Crippen molar-refractivity contribution in [3.8, 4) is 5.75 Å². The molecule has 2 fully saturated rings. The molecule has 8 heteroatoms. The number of amides is 2. The van der Waals surface area contributed by atoms with E-state index in [1.807, 2.05) is 0 Å². The minimum atomic E-state index is -0.594. The lowest BCUT2D eigenvalue weighted by molar-refractivity contribution is -0.125. The summed E-state index contributed by atoms with van der Waals surface area (Å²) in [6.45, 7) is 0.192. The first-order valence-corrected chi connectivity index (χ1v) is 11.5. The third kappa shape index (κ3) is 4.76. The molecule has 0 bridgehead atoms. The van der Waals surface area contributed by atoms with Crippen molar-refractivity contribution in [1.29, 1.82) is 0 Å². The molecule has 1 saturated carbocycles. The summed E-state index contributed by atoms with van der Waals surface area (Å²) in [7, 11) is 2.76. The number of nitrogens with one attached hydrogen (secondary N) is 1. The number of hydrogen-bond acceptors (Lipinski definition) is 5. The summed E-state index contributed by atoms with van der Waals surface area (Å²) in [5.41, 5.74) is 1.36. The van der Waals surface area contributed by atoms with E-state index in [0.717, 1.165) is 25.7 Å². The van der Waals surface area contributed by atoms with Crippen LogP contribution in [0.15, 0.2) is 42.5 Å². The first kappa shape index (κ1) is 23.7. The molecule has 0 unspecified atom stereocenters. The van der Waals surface area contributed by atoms with E-state index in [-0.39, 0.29) is 35.9 Å². The molecule has 4 rings (SSSR count). The number of carbonyl (C=O) groups excluding carboxylic acids is 3. The summed E-state index contributed by atoms with van der Waals surface area (Å²) in [6, 6.07) is 9.92. The lowest BCUT2D eigenvalue weighted by Gasteiger charge is -2.33. The predicted octanol–water partition coefficient (Wildman–Crippen LogP) is 3.71. The Morgan fingerprint density at radius 1 is 1.06 bits per heavy atom. The van der Waals surface area contributed by atoms with Gasteiger partial charge in [0, 0.05) is 18.2 Å². The van der Waals surface area contributed by atoms with Crippen LogP contribution in [0.3, 0.4) is 0 Å². The lowest BCUT2D eigenvalue weighted by atomic mass is 9.84. The fraction of sp³-hybridized carbons (Fsp3) is 0.423. The summed E-state index contributed by atoms with van der Waals surface area (Å²) in [4.78, 5) is 40.4. The molecule has 3 atom stereocenters. The van der Waals surface area contributed by atoms with Gasteiger partial charge in [-0.25, -0.2) is 9.18 Å². The second-order valence-corrected chi connectivity index (χ2v) is 8.83. The molecule has 1 saturated heterocycles. The number of carbonyl (C=O) groups is 3. The van der Waals surface area contributed by atoms with Gasteiger partial charge >= 0.3 is 5.97 Å². The van der Waals surface area contributed by atoms with Gasteiger partial charge in [0.05, 0.1) is 14.2 Å². The third-order valence-corrected chi connectivity index (χ3v) is 6.85. The van der Waals surface area contributed by atoms with Crippen molar-refractivity contribution in [2.45, 2.75) is 50.7 Å². The van der Waals surface area contributed by atoms with E-state index < -0.39 is 17.8 Å². The van der Waals surface area contributed by atoms with Crippen LogP contribution >= 0.6 is 0 Å². The van der Waals surface area contributed by atoms with Crippen molar-refractivity contribution in [2.75, 3.05) is 14.2 Å². The third-order valence-electron chi connectivity index (χ3n) is 6.85. The molecule has 180 valence electrons. The van der Waals surface area contributed by atoms with Crippen molar-refractivity contribution >= 4 is 17.8 Å². The molecule has 0 aromatic heterocycles. The maximum absolute atomic E-state index is 13.4. The Balaban J connectivity index is 1.52. The maximum Gasteiger partial charge on any atom is 0.341 e. The molecule has 2 aromatic carbocycles. The Labute approximate surface area is 198 Å². The van der Waals surface area contributed by atoms with Gasteiger partial charge in [0.25, 0.3) is 5.91 Å². The van der Waals surface area contributed by atoms with Crippen LogP contribution in [0.5, 0.6) is 5.75 Å². The monoisotopic (exact) mass is 468 g/mol. The molecule has 0 radical (unpaired) electrons. The van der Waals surface area contributed by atoms with Crippen LogP contribution in [0.25, 0.3) is 0 Å². The zero-order chi connectivity index (χ0) is 24.2. The number of rotatable bonds is 6. The maximum atomic E-state index is 13.4. The highest BCUT2D eigenvalue weighted by atomic mass is 19.1. The van der Waals surface area contributed by atoms with Crippen LogP contribution in [0.1, 0.15) is 58.4 Å². The molecule has 34 heavy (non-hydrogen) atoms. The summed E-state index contributed by atoms with van der Waals surface area (Å²) in [5.74, 6) is -0.750. The van der Waals surface area contributed by atoms with Gasteiger partial charge in [0.1, 0.15) is 23.2 Å². The highest BCUT2D eigenvalue weighted by Gasteiger charge is 2.47. The summed E-state index contributed by atoms with van der Waals surface area (Å²) in [5, 5.41) is 2.93. The molecule has 1 aliphatic heterocycles. The van der Waals surface area contributed by atoms with Crippen molar-refractivity contribution in [3.05, 3.63) is 65.0 Å². The van der Waals surface area contributed by atoms with E-state index in [9.17, 15) is 18.8 Å². The van der Waals surface area contributed by atoms with Gasteiger partial charge in [0.2, 0.25) is 5.91 Å². The van der Waals surface area contributed by atoms with Crippen LogP contribution in [0.4, 0.5) is 4.39 Å². The van der Waals surface area contributed by atoms with Crippen LogP contribution in [0, 0.1) is 11.7 Å². The molecule has 1 N–H and O–H groups in total. The largest absolute Gasteiger partial charge is 0.496 e. The Morgan fingerprint density at radius 3 is 2.50 bits per heavy atom. The van der Waals surface area contributed by atoms with Crippen LogP contribution in [-0.4, -0.2) is 49.0 Å². The van der Waals surface area contributed by atoms with Crippen molar-refractivity contribution < 1.29 is 28.2 Å². The van der Waals surface area contributed by atoms with E-state index in [2.05, 4.69) is 5.32 Å². The van der Waals surface area contributed by atoms with E-state index in [1.54, 1.807) is 23.1 Å². The van der Waals surface area contributed by atoms with E-state index in [0.29, 0.717) is 23.3 Å². The zero-order valence-corrected chi connectivity index (χ0v) is 19.4. The highest BCUT2D eigenvalue weighted by Crippen LogP contribution is 2.40. The van der Waals surface area contributed by atoms with Crippen molar-refractivity contribution in [1.82, 2.24) is 10.2 Å². The molecule has 7 nitrogen and oxygen atoms in total. The quantitative estimate of drug-likeness (QED) is 0.654. The fourth-order valence-electron chi connectivity index (χ4n) is 5.17. The highest BCUT2D eigenvalue weighted by molar-refractivity contribution is 5.98. The predicted molar refractivity (Wildman–Crippen MR) is 123 cm³/mol. The number of nitrogens with zero attached hydrogens (tertiary/aromatic N) is 1. The first-order chi connectivity index (χ1) is 16.4. The Hall–Kier alpha value is -3.42. The Bertz CT molecular complexity index is 1070. The number of fused-ring (bicyclic) bond motifs is 1. The van der Waals surface area contributed by atoms with Crippen LogP contribution in [-0.2, 0) is 16.1 Å². The first-order valence-electron chi connectivity index (χ1n) is 11.5. The second-order valence-electron chi connectivity index (χ2n) is 8.83. The van der Waals surface area contributed by atoms with Gasteiger partial charge < -0.3 is 19.7 Å². The van der Waals surface area contributed by atoms with Gasteiger partial charge in [-0.05, 0) is 67.1 Å². The number of hydrogen-bond donors (Lipinski definition) is 1. The number of esters is 1. The molecule has 2 amide bonds. The summed E-state index contributed by atoms with van der Waals surface area (Å²) in [6.07, 6.45) is 4.57. The van der Waals surface area contributed by atoms with E-state index in [4.69, 9.17) is 9.47 Å². The van der Waals surface area contributed by atoms with Gasteiger partial charge in [-0.3, -0.25) is 9.59 Å². The second kappa shape index (κ2) is 10.2.